The summed E-state index contributed by atoms with van der Waals surface area (Å²) in [6, 6.07) is 0. The lowest BCUT2D eigenvalue weighted by Crippen LogP contribution is -2.38. The normalized spacial score (nSPS) is 21.0. The number of aryl methyl sites for hydroxylation is 1. The minimum absolute atomic E-state index is 0.0436. The fourth-order valence-corrected chi connectivity index (χ4v) is 6.05. The lowest BCUT2D eigenvalue weighted by Gasteiger charge is -2.26. The zero-order valence-electron chi connectivity index (χ0n) is 20.9. The number of hydrogen-bond donors (Lipinski definition) is 1. The fraction of sp³-hybridized carbons (Fsp3) is 0.739. The summed E-state index contributed by atoms with van der Waals surface area (Å²) in [6.07, 6.45) is 7.19. The molecule has 0 aliphatic heterocycles. The number of hydrogen-bond acceptors (Lipinski definition) is 8. The lowest BCUT2D eigenvalue weighted by atomic mass is 10.0. The number of ether oxygens (including phenoxy) is 2. The summed E-state index contributed by atoms with van der Waals surface area (Å²) in [5, 5.41) is 7.90. The quantitative estimate of drug-likeness (QED) is 0.479. The summed E-state index contributed by atoms with van der Waals surface area (Å²) in [5.41, 5.74) is -0.0290. The maximum absolute atomic E-state index is 13.6. The first-order chi connectivity index (χ1) is 16.1. The van der Waals surface area contributed by atoms with E-state index in [0.717, 1.165) is 37.7 Å². The zero-order valence-corrected chi connectivity index (χ0v) is 21.7. The largest absolute Gasteiger partial charge is 0.382 e. The predicted molar refractivity (Wildman–Crippen MR) is 128 cm³/mol. The Balaban J connectivity index is 1.65. The van der Waals surface area contributed by atoms with Crippen molar-refractivity contribution in [3.8, 4) is 0 Å². The van der Waals surface area contributed by atoms with Crippen LogP contribution in [0.4, 0.5) is 5.95 Å². The van der Waals surface area contributed by atoms with Gasteiger partial charge < -0.3 is 9.47 Å². The highest BCUT2D eigenvalue weighted by Crippen LogP contribution is 2.52. The van der Waals surface area contributed by atoms with Gasteiger partial charge in [-0.3, -0.25) is 9.29 Å². The van der Waals surface area contributed by atoms with E-state index in [9.17, 15) is 8.42 Å². The molecule has 34 heavy (non-hydrogen) atoms. The maximum Gasteiger partial charge on any atom is 0.238 e. The smallest absolute Gasteiger partial charge is 0.238 e. The second kappa shape index (κ2) is 9.16. The van der Waals surface area contributed by atoms with Crippen LogP contribution in [0.2, 0.25) is 0 Å². The van der Waals surface area contributed by atoms with Crippen LogP contribution < -0.4 is 4.72 Å². The van der Waals surface area contributed by atoms with Crippen LogP contribution in [0.5, 0.6) is 0 Å². The third kappa shape index (κ3) is 4.57. The molecule has 4 rings (SSSR count). The van der Waals surface area contributed by atoms with E-state index in [1.165, 1.54) is 0 Å². The number of methoxy groups -OCH3 is 1. The molecule has 0 radical (unpaired) electrons. The molecule has 2 saturated carbocycles. The molecule has 0 aromatic carbocycles. The zero-order chi connectivity index (χ0) is 24.7. The van der Waals surface area contributed by atoms with Crippen molar-refractivity contribution < 1.29 is 17.9 Å². The molecular weight excluding hydrogens is 456 g/mol. The Hall–Kier alpha value is -2.11. The summed E-state index contributed by atoms with van der Waals surface area (Å²) in [5.74, 6) is 1.38. The first-order valence-electron chi connectivity index (χ1n) is 12.0. The molecule has 0 spiro atoms. The number of anilines is 1. The van der Waals surface area contributed by atoms with Gasteiger partial charge in [0, 0.05) is 24.9 Å². The number of nitrogens with zero attached hydrogens (tertiary/aromatic N) is 5. The van der Waals surface area contributed by atoms with Crippen molar-refractivity contribution in [1.82, 2.24) is 24.7 Å². The van der Waals surface area contributed by atoms with Crippen LogP contribution in [0.25, 0.3) is 0 Å². The standard InChI is InChI=1S/C23H36N6O4S/c1-7-16(3)33-17(4)19-26-27-21(29(19)22(8-9-22)14-32-6)28-34(30,31)18(5)23(10-11-23)20-24-12-15(2)13-25-20/h12-13,16-18H,7-11,14H2,1-6H3,(H,27,28)/t16-,17-,18+/m1/s1. The van der Waals surface area contributed by atoms with Gasteiger partial charge in [-0.05, 0) is 65.4 Å². The van der Waals surface area contributed by atoms with Crippen LogP contribution in [0.1, 0.15) is 83.1 Å². The first-order valence-corrected chi connectivity index (χ1v) is 13.5. The van der Waals surface area contributed by atoms with E-state index in [0.29, 0.717) is 18.3 Å². The average Bonchev–Trinajstić information content (AvgIpc) is 3.72. The molecule has 0 saturated heterocycles. The highest BCUT2D eigenvalue weighted by atomic mass is 32.2. The van der Waals surface area contributed by atoms with Crippen LogP contribution in [0.15, 0.2) is 12.4 Å². The Morgan fingerprint density at radius 3 is 2.29 bits per heavy atom. The van der Waals surface area contributed by atoms with Gasteiger partial charge in [0.1, 0.15) is 11.9 Å². The SMILES string of the molecule is CC[C@@H](C)O[C@H](C)c1nnc(NS(=O)(=O)[C@@H](C)C2(c3ncc(C)cn3)CC2)n1C1(COC)CC1. The van der Waals surface area contributed by atoms with Gasteiger partial charge in [0.15, 0.2) is 5.82 Å². The molecule has 2 aromatic rings. The van der Waals surface area contributed by atoms with E-state index in [2.05, 4.69) is 31.8 Å². The number of aromatic nitrogens is 5. The molecule has 11 heteroatoms. The Kier molecular flexibility index (Phi) is 6.73. The summed E-state index contributed by atoms with van der Waals surface area (Å²) in [7, 11) is -2.17. The van der Waals surface area contributed by atoms with E-state index in [-0.39, 0.29) is 23.7 Å². The number of nitrogens with one attached hydrogen (secondary N) is 1. The molecule has 1 N–H and O–H groups in total. The van der Waals surface area contributed by atoms with E-state index in [4.69, 9.17) is 9.47 Å². The van der Waals surface area contributed by atoms with Crippen LogP contribution in [-0.2, 0) is 30.5 Å². The highest BCUT2D eigenvalue weighted by molar-refractivity contribution is 7.93. The summed E-state index contributed by atoms with van der Waals surface area (Å²) in [4.78, 5) is 8.88. The van der Waals surface area contributed by atoms with Gasteiger partial charge in [-0.1, -0.05) is 6.92 Å². The van der Waals surface area contributed by atoms with E-state index in [1.54, 1.807) is 26.4 Å². The van der Waals surface area contributed by atoms with E-state index >= 15 is 0 Å². The van der Waals surface area contributed by atoms with E-state index < -0.39 is 20.7 Å². The van der Waals surface area contributed by atoms with Crippen molar-refractivity contribution >= 4 is 16.0 Å². The summed E-state index contributed by atoms with van der Waals surface area (Å²) >= 11 is 0. The number of sulfonamides is 1. The van der Waals surface area contributed by atoms with Gasteiger partial charge in [0.2, 0.25) is 16.0 Å². The van der Waals surface area contributed by atoms with Crippen molar-refractivity contribution in [2.45, 2.75) is 95.1 Å². The van der Waals surface area contributed by atoms with Crippen molar-refractivity contribution in [1.29, 1.82) is 0 Å². The molecule has 2 aromatic heterocycles. The molecule has 2 aliphatic rings. The fourth-order valence-electron chi connectivity index (χ4n) is 4.55. The Morgan fingerprint density at radius 1 is 1.12 bits per heavy atom. The van der Waals surface area contributed by atoms with Crippen molar-refractivity contribution in [2.75, 3.05) is 18.4 Å². The molecule has 0 unspecified atom stereocenters. The van der Waals surface area contributed by atoms with Crippen LogP contribution in [-0.4, -0.2) is 58.2 Å². The van der Waals surface area contributed by atoms with Crippen LogP contribution >= 0.6 is 0 Å². The topological polar surface area (TPSA) is 121 Å². The summed E-state index contributed by atoms with van der Waals surface area (Å²) < 4.78 is 43.4. The Labute approximate surface area is 201 Å². The third-order valence-corrected chi connectivity index (χ3v) is 9.12. The Morgan fingerprint density at radius 2 is 1.76 bits per heavy atom. The second-order valence-corrected chi connectivity index (χ2v) is 11.9. The van der Waals surface area contributed by atoms with Crippen LogP contribution in [0.3, 0.4) is 0 Å². The molecular formula is C23H36N6O4S. The molecule has 0 amide bonds. The van der Waals surface area contributed by atoms with Gasteiger partial charge in [0.05, 0.1) is 23.5 Å². The molecule has 2 aliphatic carbocycles. The number of rotatable bonds is 12. The molecule has 2 heterocycles. The molecule has 10 nitrogen and oxygen atoms in total. The molecule has 0 bridgehead atoms. The lowest BCUT2D eigenvalue weighted by molar-refractivity contribution is -0.00323. The molecule has 2 fully saturated rings. The maximum atomic E-state index is 13.6. The van der Waals surface area contributed by atoms with Crippen LogP contribution in [0, 0.1) is 6.92 Å². The van der Waals surface area contributed by atoms with Gasteiger partial charge in [0.25, 0.3) is 0 Å². The second-order valence-electron chi connectivity index (χ2n) is 9.90. The van der Waals surface area contributed by atoms with Gasteiger partial charge >= 0.3 is 0 Å². The Bertz CT molecular complexity index is 1110. The van der Waals surface area contributed by atoms with Crippen molar-refractivity contribution in [3.05, 3.63) is 29.6 Å². The van der Waals surface area contributed by atoms with Crippen molar-refractivity contribution in [3.63, 3.8) is 0 Å². The first kappa shape index (κ1) is 25.0. The minimum atomic E-state index is -3.81. The highest BCUT2D eigenvalue weighted by Gasteiger charge is 2.57. The minimum Gasteiger partial charge on any atom is -0.382 e. The molecule has 188 valence electrons. The third-order valence-electron chi connectivity index (χ3n) is 7.27. The monoisotopic (exact) mass is 492 g/mol. The van der Waals surface area contributed by atoms with Gasteiger partial charge in [-0.25, -0.2) is 18.4 Å². The van der Waals surface area contributed by atoms with Gasteiger partial charge in [-0.15, -0.1) is 10.2 Å². The predicted octanol–water partition coefficient (Wildman–Crippen LogP) is 3.25. The van der Waals surface area contributed by atoms with E-state index in [1.807, 2.05) is 25.3 Å². The molecule has 3 atom stereocenters. The summed E-state index contributed by atoms with van der Waals surface area (Å²) in [6.45, 7) is 10.1. The van der Waals surface area contributed by atoms with Crippen molar-refractivity contribution in [2.24, 2.45) is 0 Å². The van der Waals surface area contributed by atoms with Gasteiger partial charge in [-0.2, -0.15) is 0 Å². The average molecular weight is 493 g/mol.